The second-order valence-electron chi connectivity index (χ2n) is 4.24. The summed E-state index contributed by atoms with van der Waals surface area (Å²) >= 11 is 0. The van der Waals surface area contributed by atoms with Gasteiger partial charge in [-0.1, -0.05) is 12.1 Å². The molecule has 0 radical (unpaired) electrons. The number of aromatic nitrogens is 2. The van der Waals surface area contributed by atoms with Crippen molar-refractivity contribution in [2.45, 2.75) is 6.42 Å². The lowest BCUT2D eigenvalue weighted by Gasteiger charge is -2.10. The molecule has 0 bridgehead atoms. The molecule has 2 rings (SSSR count). The second-order valence-corrected chi connectivity index (χ2v) is 4.24. The van der Waals surface area contributed by atoms with Crippen LogP contribution in [-0.4, -0.2) is 35.6 Å². The fourth-order valence-corrected chi connectivity index (χ4v) is 1.78. The number of ether oxygens (including phenoxy) is 1. The number of rotatable bonds is 5. The van der Waals surface area contributed by atoms with Crippen LogP contribution in [0.3, 0.4) is 0 Å². The highest BCUT2D eigenvalue weighted by atomic mass is 16.5. The quantitative estimate of drug-likeness (QED) is 0.727. The summed E-state index contributed by atoms with van der Waals surface area (Å²) in [5.74, 6) is -0.497. The van der Waals surface area contributed by atoms with Gasteiger partial charge < -0.3 is 20.4 Å². The smallest absolute Gasteiger partial charge is 0.339 e. The Morgan fingerprint density at radius 1 is 1.33 bits per heavy atom. The molecule has 0 fully saturated rings. The number of carbonyl (C=O) groups excluding carboxylic acids is 2. The molecule has 0 aliphatic heterocycles. The van der Waals surface area contributed by atoms with Crippen molar-refractivity contribution < 1.29 is 14.3 Å². The third-order valence-electron chi connectivity index (χ3n) is 2.82. The highest BCUT2D eigenvalue weighted by Gasteiger charge is 2.12. The van der Waals surface area contributed by atoms with Crippen molar-refractivity contribution in [2.24, 2.45) is 0 Å². The van der Waals surface area contributed by atoms with Gasteiger partial charge in [-0.3, -0.25) is 0 Å². The van der Waals surface area contributed by atoms with Gasteiger partial charge in [-0.05, 0) is 12.1 Å². The maximum absolute atomic E-state index is 11.8. The number of hydrogen-bond donors (Lipinski definition) is 3. The molecule has 0 aliphatic carbocycles. The molecular formula is C14H16N4O3. The van der Waals surface area contributed by atoms with Crippen LogP contribution in [0.25, 0.3) is 0 Å². The van der Waals surface area contributed by atoms with E-state index in [1.54, 1.807) is 36.8 Å². The first-order valence-electron chi connectivity index (χ1n) is 6.40. The summed E-state index contributed by atoms with van der Waals surface area (Å²) in [6.45, 7) is 0.453. The van der Waals surface area contributed by atoms with E-state index in [2.05, 4.69) is 25.3 Å². The lowest BCUT2D eigenvalue weighted by molar-refractivity contribution is 0.0602. The summed E-state index contributed by atoms with van der Waals surface area (Å²) in [4.78, 5) is 30.2. The van der Waals surface area contributed by atoms with Gasteiger partial charge in [0, 0.05) is 24.9 Å². The lowest BCUT2D eigenvalue weighted by Crippen LogP contribution is -2.31. The fraction of sp³-hybridized carbons (Fsp3) is 0.214. The van der Waals surface area contributed by atoms with Crippen LogP contribution in [0.2, 0.25) is 0 Å². The number of esters is 1. The zero-order valence-electron chi connectivity index (χ0n) is 11.6. The van der Waals surface area contributed by atoms with E-state index in [-0.39, 0.29) is 6.03 Å². The maximum atomic E-state index is 11.8. The number of anilines is 1. The Bertz CT molecular complexity index is 610. The van der Waals surface area contributed by atoms with Crippen molar-refractivity contribution in [3.05, 3.63) is 48.0 Å². The van der Waals surface area contributed by atoms with Gasteiger partial charge in [-0.25, -0.2) is 14.6 Å². The summed E-state index contributed by atoms with van der Waals surface area (Å²) in [5.41, 5.74) is 1.65. The van der Waals surface area contributed by atoms with Gasteiger partial charge in [0.15, 0.2) is 0 Å². The Morgan fingerprint density at radius 3 is 2.86 bits per heavy atom. The van der Waals surface area contributed by atoms with E-state index in [9.17, 15) is 9.59 Å². The normalized spacial score (nSPS) is 9.95. The largest absolute Gasteiger partial charge is 0.465 e. The Morgan fingerprint density at radius 2 is 2.14 bits per heavy atom. The van der Waals surface area contributed by atoms with Crippen molar-refractivity contribution in [1.82, 2.24) is 15.3 Å². The van der Waals surface area contributed by atoms with Crippen LogP contribution in [0, 0.1) is 0 Å². The molecule has 0 atom stereocenters. The molecule has 21 heavy (non-hydrogen) atoms. The van der Waals surface area contributed by atoms with E-state index in [1.807, 2.05) is 0 Å². The Kier molecular flexibility index (Phi) is 4.92. The molecular weight excluding hydrogens is 272 g/mol. The number of urea groups is 1. The van der Waals surface area contributed by atoms with Gasteiger partial charge in [0.1, 0.15) is 0 Å². The van der Waals surface area contributed by atoms with Crippen LogP contribution in [0.1, 0.15) is 16.1 Å². The molecule has 7 heteroatoms. The predicted octanol–water partition coefficient (Wildman–Crippen LogP) is 1.56. The van der Waals surface area contributed by atoms with Gasteiger partial charge in [0.2, 0.25) is 0 Å². The first-order valence-corrected chi connectivity index (χ1v) is 6.40. The van der Waals surface area contributed by atoms with Crippen LogP contribution >= 0.6 is 0 Å². The molecule has 1 aromatic heterocycles. The van der Waals surface area contributed by atoms with Gasteiger partial charge in [0.05, 0.1) is 24.7 Å². The van der Waals surface area contributed by atoms with Crippen LogP contribution in [0.15, 0.2) is 36.8 Å². The van der Waals surface area contributed by atoms with E-state index in [4.69, 9.17) is 0 Å². The predicted molar refractivity (Wildman–Crippen MR) is 77.1 cm³/mol. The molecule has 7 nitrogen and oxygen atoms in total. The van der Waals surface area contributed by atoms with Crippen molar-refractivity contribution in [3.8, 4) is 0 Å². The van der Waals surface area contributed by atoms with Gasteiger partial charge in [0.25, 0.3) is 0 Å². The summed E-state index contributed by atoms with van der Waals surface area (Å²) in [5, 5.41) is 5.33. The van der Waals surface area contributed by atoms with E-state index < -0.39 is 5.97 Å². The summed E-state index contributed by atoms with van der Waals surface area (Å²) in [6.07, 6.45) is 3.93. The highest BCUT2D eigenvalue weighted by molar-refractivity contribution is 6.00. The molecule has 110 valence electrons. The number of benzene rings is 1. The molecule has 0 spiro atoms. The number of para-hydroxylation sites is 1. The first-order chi connectivity index (χ1) is 10.2. The number of aromatic amines is 1. The number of nitrogens with zero attached hydrogens (tertiary/aromatic N) is 1. The Hall–Kier alpha value is -2.83. The molecule has 0 unspecified atom stereocenters. The van der Waals surface area contributed by atoms with Crippen molar-refractivity contribution in [3.63, 3.8) is 0 Å². The monoisotopic (exact) mass is 288 g/mol. The molecule has 3 N–H and O–H groups in total. The van der Waals surface area contributed by atoms with E-state index >= 15 is 0 Å². The molecule has 0 saturated carbocycles. The molecule has 1 aromatic carbocycles. The number of imidazole rings is 1. The number of H-pyrrole nitrogens is 1. The average Bonchev–Trinajstić information content (AvgIpc) is 3.00. The number of carbonyl (C=O) groups is 2. The van der Waals surface area contributed by atoms with Crippen molar-refractivity contribution in [1.29, 1.82) is 0 Å². The zero-order chi connectivity index (χ0) is 15.1. The SMILES string of the molecule is COC(=O)c1ccccc1NC(=O)NCCc1cnc[nH]1. The van der Waals surface area contributed by atoms with Gasteiger partial charge >= 0.3 is 12.0 Å². The molecule has 2 aromatic rings. The third-order valence-corrected chi connectivity index (χ3v) is 2.82. The topological polar surface area (TPSA) is 96.1 Å². The van der Waals surface area contributed by atoms with Crippen molar-refractivity contribution >= 4 is 17.7 Å². The summed E-state index contributed by atoms with van der Waals surface area (Å²) < 4.78 is 4.67. The maximum Gasteiger partial charge on any atom is 0.339 e. The minimum atomic E-state index is -0.497. The molecule has 0 aliphatic rings. The van der Waals surface area contributed by atoms with E-state index in [1.165, 1.54) is 7.11 Å². The number of methoxy groups -OCH3 is 1. The van der Waals surface area contributed by atoms with Crippen LogP contribution in [-0.2, 0) is 11.2 Å². The number of hydrogen-bond acceptors (Lipinski definition) is 4. The highest BCUT2D eigenvalue weighted by Crippen LogP contribution is 2.15. The first kappa shape index (κ1) is 14.6. The third kappa shape index (κ3) is 4.07. The second kappa shape index (κ2) is 7.09. The van der Waals surface area contributed by atoms with Crippen LogP contribution in [0.4, 0.5) is 10.5 Å². The summed E-state index contributed by atoms with van der Waals surface area (Å²) in [7, 11) is 1.30. The molecule has 0 saturated heterocycles. The average molecular weight is 288 g/mol. The zero-order valence-corrected chi connectivity index (χ0v) is 11.6. The van der Waals surface area contributed by atoms with Crippen molar-refractivity contribution in [2.75, 3.05) is 19.0 Å². The van der Waals surface area contributed by atoms with Crippen LogP contribution < -0.4 is 10.6 Å². The Labute approximate surface area is 121 Å². The standard InChI is InChI=1S/C14H16N4O3/c1-21-13(19)11-4-2-3-5-12(11)18-14(20)16-7-6-10-8-15-9-17-10/h2-5,8-9H,6-7H2,1H3,(H,15,17)(H2,16,18,20). The Balaban J connectivity index is 1.89. The van der Waals surface area contributed by atoms with Gasteiger partial charge in [-0.15, -0.1) is 0 Å². The minimum absolute atomic E-state index is 0.309. The van der Waals surface area contributed by atoms with E-state index in [0.29, 0.717) is 24.2 Å². The lowest BCUT2D eigenvalue weighted by atomic mass is 10.2. The summed E-state index contributed by atoms with van der Waals surface area (Å²) in [6, 6.07) is 6.28. The minimum Gasteiger partial charge on any atom is -0.465 e. The van der Waals surface area contributed by atoms with Gasteiger partial charge in [-0.2, -0.15) is 0 Å². The fourth-order valence-electron chi connectivity index (χ4n) is 1.78. The van der Waals surface area contributed by atoms with E-state index in [0.717, 1.165) is 5.69 Å². The molecule has 2 amide bonds. The number of nitrogens with one attached hydrogen (secondary N) is 3. The number of amides is 2. The van der Waals surface area contributed by atoms with Crippen LogP contribution in [0.5, 0.6) is 0 Å². The molecule has 1 heterocycles.